The van der Waals surface area contributed by atoms with Crippen LogP contribution >= 0.6 is 0 Å². The van der Waals surface area contributed by atoms with Crippen molar-refractivity contribution >= 4 is 5.96 Å². The van der Waals surface area contributed by atoms with Crippen molar-refractivity contribution in [3.05, 3.63) is 17.7 Å². The van der Waals surface area contributed by atoms with Crippen LogP contribution in [0, 0.1) is 0 Å². The Kier molecular flexibility index (Phi) is 9.76. The number of benzene rings is 1. The van der Waals surface area contributed by atoms with E-state index in [0.717, 1.165) is 31.2 Å². The van der Waals surface area contributed by atoms with Crippen molar-refractivity contribution < 1.29 is 14.2 Å². The lowest BCUT2D eigenvalue weighted by Crippen LogP contribution is -2.41. The van der Waals surface area contributed by atoms with Crippen LogP contribution in [0.3, 0.4) is 0 Å². The second-order valence-corrected chi connectivity index (χ2v) is 6.91. The zero-order valence-electron chi connectivity index (χ0n) is 17.8. The van der Waals surface area contributed by atoms with E-state index < -0.39 is 0 Å². The smallest absolute Gasteiger partial charge is 0.203 e. The van der Waals surface area contributed by atoms with Gasteiger partial charge >= 0.3 is 0 Å². The van der Waals surface area contributed by atoms with Gasteiger partial charge < -0.3 is 29.7 Å². The van der Waals surface area contributed by atoms with Gasteiger partial charge in [-0.15, -0.1) is 0 Å². The van der Waals surface area contributed by atoms with E-state index in [-0.39, 0.29) is 0 Å². The Bertz CT molecular complexity index is 589. The minimum Gasteiger partial charge on any atom is -0.493 e. The molecule has 0 unspecified atom stereocenters. The molecule has 0 spiro atoms. The molecule has 0 atom stereocenters. The summed E-state index contributed by atoms with van der Waals surface area (Å²) in [6, 6.07) is 3.87. The summed E-state index contributed by atoms with van der Waals surface area (Å²) in [6.07, 6.45) is 5.36. The van der Waals surface area contributed by atoms with Crippen LogP contribution < -0.4 is 24.8 Å². The molecule has 7 nitrogen and oxygen atoms in total. The molecule has 7 heteroatoms. The molecule has 1 aromatic rings. The average Bonchev–Trinajstić information content (AvgIpc) is 2.99. The number of aliphatic imine (C=N–C) groups is 1. The fourth-order valence-corrected chi connectivity index (χ4v) is 3.43. The van der Waals surface area contributed by atoms with Crippen LogP contribution in [0.1, 0.15) is 38.2 Å². The van der Waals surface area contributed by atoms with Gasteiger partial charge in [0.1, 0.15) is 0 Å². The van der Waals surface area contributed by atoms with Crippen molar-refractivity contribution in [3.8, 4) is 17.2 Å². The zero-order valence-corrected chi connectivity index (χ0v) is 17.8. The fraction of sp³-hybridized carbons (Fsp3) is 0.667. The number of likely N-dealkylation sites (tertiary alicyclic amines) is 1. The normalized spacial score (nSPS) is 15.6. The first-order valence-electron chi connectivity index (χ1n) is 10.2. The van der Waals surface area contributed by atoms with Gasteiger partial charge in [0, 0.05) is 19.6 Å². The van der Waals surface area contributed by atoms with E-state index in [4.69, 9.17) is 19.2 Å². The van der Waals surface area contributed by atoms with Gasteiger partial charge in [-0.1, -0.05) is 12.8 Å². The fourth-order valence-electron chi connectivity index (χ4n) is 3.43. The Hall–Kier alpha value is -2.15. The monoisotopic (exact) mass is 392 g/mol. The second-order valence-electron chi connectivity index (χ2n) is 6.91. The molecule has 158 valence electrons. The SMILES string of the molecule is CCNC(=NCc1cc(OC)c(OC)c(OC)c1)NCCN1CCCCCC1. The Balaban J connectivity index is 1.97. The van der Waals surface area contributed by atoms with Gasteiger partial charge in [0.15, 0.2) is 17.5 Å². The standard InChI is InChI=1S/C21H36N4O3/c1-5-22-21(23-10-13-25-11-8-6-7-9-12-25)24-16-17-14-18(26-2)20(28-4)19(15-17)27-3/h14-15H,5-13,16H2,1-4H3,(H2,22,23,24). The highest BCUT2D eigenvalue weighted by Crippen LogP contribution is 2.38. The molecule has 1 aliphatic rings. The molecule has 0 bridgehead atoms. The summed E-state index contributed by atoms with van der Waals surface area (Å²) >= 11 is 0. The van der Waals surface area contributed by atoms with Gasteiger partial charge in [-0.25, -0.2) is 4.99 Å². The lowest BCUT2D eigenvalue weighted by atomic mass is 10.2. The van der Waals surface area contributed by atoms with Crippen LogP contribution in [-0.2, 0) is 6.54 Å². The van der Waals surface area contributed by atoms with E-state index >= 15 is 0 Å². The molecule has 0 saturated carbocycles. The van der Waals surface area contributed by atoms with Crippen molar-refractivity contribution in [2.75, 3.05) is 54.1 Å². The van der Waals surface area contributed by atoms with Crippen molar-refractivity contribution in [1.82, 2.24) is 15.5 Å². The third kappa shape index (κ3) is 6.78. The highest BCUT2D eigenvalue weighted by Gasteiger charge is 2.13. The summed E-state index contributed by atoms with van der Waals surface area (Å²) < 4.78 is 16.2. The molecule has 1 aliphatic heterocycles. The lowest BCUT2D eigenvalue weighted by Gasteiger charge is -2.20. The molecule has 0 aromatic heterocycles. The second kappa shape index (κ2) is 12.3. The summed E-state index contributed by atoms with van der Waals surface area (Å²) in [6.45, 7) is 7.78. The zero-order chi connectivity index (χ0) is 20.2. The molecule has 0 aliphatic carbocycles. The Morgan fingerprint density at radius 2 is 1.61 bits per heavy atom. The average molecular weight is 393 g/mol. The molecule has 28 heavy (non-hydrogen) atoms. The van der Waals surface area contributed by atoms with Crippen molar-refractivity contribution in [2.24, 2.45) is 4.99 Å². The first kappa shape index (κ1) is 22.1. The van der Waals surface area contributed by atoms with Crippen LogP contribution in [-0.4, -0.2) is 64.9 Å². The number of rotatable bonds is 9. The molecule has 1 fully saturated rings. The molecule has 2 rings (SSSR count). The predicted octanol–water partition coefficient (Wildman–Crippen LogP) is 2.64. The summed E-state index contributed by atoms with van der Waals surface area (Å²) in [7, 11) is 4.85. The molecule has 1 saturated heterocycles. The molecule has 2 N–H and O–H groups in total. The molecule has 0 radical (unpaired) electrons. The largest absolute Gasteiger partial charge is 0.493 e. The maximum Gasteiger partial charge on any atom is 0.203 e. The Labute approximate surface area is 169 Å². The Morgan fingerprint density at radius 3 is 2.14 bits per heavy atom. The quantitative estimate of drug-likeness (QED) is 0.497. The summed E-state index contributed by atoms with van der Waals surface area (Å²) in [5, 5.41) is 6.76. The van der Waals surface area contributed by atoms with E-state index in [1.54, 1.807) is 21.3 Å². The van der Waals surface area contributed by atoms with Crippen LogP contribution in [0.25, 0.3) is 0 Å². The van der Waals surface area contributed by atoms with Crippen LogP contribution in [0.15, 0.2) is 17.1 Å². The van der Waals surface area contributed by atoms with E-state index in [9.17, 15) is 0 Å². The van der Waals surface area contributed by atoms with E-state index in [2.05, 4.69) is 22.5 Å². The van der Waals surface area contributed by atoms with Gasteiger partial charge in [-0.2, -0.15) is 0 Å². The number of methoxy groups -OCH3 is 3. The third-order valence-electron chi connectivity index (χ3n) is 4.91. The van der Waals surface area contributed by atoms with Gasteiger partial charge in [0.05, 0.1) is 27.9 Å². The van der Waals surface area contributed by atoms with Crippen LogP contribution in [0.5, 0.6) is 17.2 Å². The van der Waals surface area contributed by atoms with Crippen LogP contribution in [0.2, 0.25) is 0 Å². The summed E-state index contributed by atoms with van der Waals surface area (Å²) in [4.78, 5) is 7.26. The predicted molar refractivity (Wildman–Crippen MR) is 114 cm³/mol. The van der Waals surface area contributed by atoms with Crippen molar-refractivity contribution in [3.63, 3.8) is 0 Å². The highest BCUT2D eigenvalue weighted by molar-refractivity contribution is 5.79. The number of ether oxygens (including phenoxy) is 3. The lowest BCUT2D eigenvalue weighted by molar-refractivity contribution is 0.289. The molecule has 1 aromatic carbocycles. The molecular weight excluding hydrogens is 356 g/mol. The van der Waals surface area contributed by atoms with E-state index in [1.807, 2.05) is 12.1 Å². The minimum absolute atomic E-state index is 0.524. The first-order chi connectivity index (χ1) is 13.7. The summed E-state index contributed by atoms with van der Waals surface area (Å²) in [5.41, 5.74) is 0.999. The number of hydrogen-bond donors (Lipinski definition) is 2. The van der Waals surface area contributed by atoms with Gasteiger partial charge in [-0.3, -0.25) is 0 Å². The van der Waals surface area contributed by atoms with Crippen molar-refractivity contribution in [2.45, 2.75) is 39.2 Å². The highest BCUT2D eigenvalue weighted by atomic mass is 16.5. The van der Waals surface area contributed by atoms with Crippen LogP contribution in [0.4, 0.5) is 0 Å². The minimum atomic E-state index is 0.524. The number of hydrogen-bond acceptors (Lipinski definition) is 5. The number of nitrogens with one attached hydrogen (secondary N) is 2. The number of nitrogens with zero attached hydrogens (tertiary/aromatic N) is 2. The van der Waals surface area contributed by atoms with Gasteiger partial charge in [-0.05, 0) is 50.6 Å². The summed E-state index contributed by atoms with van der Waals surface area (Å²) in [5.74, 6) is 2.71. The van der Waals surface area contributed by atoms with Crippen molar-refractivity contribution in [1.29, 1.82) is 0 Å². The van der Waals surface area contributed by atoms with Gasteiger partial charge in [0.2, 0.25) is 5.75 Å². The maximum atomic E-state index is 5.43. The molecular formula is C21H36N4O3. The Morgan fingerprint density at radius 1 is 0.964 bits per heavy atom. The maximum absolute atomic E-state index is 5.43. The molecule has 1 heterocycles. The first-order valence-corrected chi connectivity index (χ1v) is 10.2. The molecule has 0 amide bonds. The van der Waals surface area contributed by atoms with Gasteiger partial charge in [0.25, 0.3) is 0 Å². The third-order valence-corrected chi connectivity index (χ3v) is 4.91. The van der Waals surface area contributed by atoms with E-state index in [1.165, 1.54) is 38.8 Å². The number of guanidine groups is 1. The van der Waals surface area contributed by atoms with E-state index in [0.29, 0.717) is 23.8 Å². The topological polar surface area (TPSA) is 67.4 Å².